The number of fused-ring (bicyclic) bond motifs is 1. The Balaban J connectivity index is 2.10. The van der Waals surface area contributed by atoms with Gasteiger partial charge in [0.2, 0.25) is 0 Å². The van der Waals surface area contributed by atoms with Crippen molar-refractivity contribution in [2.24, 2.45) is 0 Å². The van der Waals surface area contributed by atoms with E-state index in [9.17, 15) is 0 Å². The number of aromatic nitrogens is 4. The summed E-state index contributed by atoms with van der Waals surface area (Å²) in [5.74, 6) is 2.11. The summed E-state index contributed by atoms with van der Waals surface area (Å²) in [4.78, 5) is 17.7. The molecule has 0 amide bonds. The number of anilines is 1. The molecule has 0 aliphatic heterocycles. The van der Waals surface area contributed by atoms with Crippen LogP contribution in [0, 0.1) is 6.92 Å². The van der Waals surface area contributed by atoms with Crippen molar-refractivity contribution in [3.05, 3.63) is 29.2 Å². The fraction of sp³-hybridized carbons (Fsp3) is 0.385. The summed E-state index contributed by atoms with van der Waals surface area (Å²) in [7, 11) is 1.89. The van der Waals surface area contributed by atoms with Gasteiger partial charge in [-0.05, 0) is 31.7 Å². The summed E-state index contributed by atoms with van der Waals surface area (Å²) in [6.07, 6.45) is 6.80. The molecule has 0 radical (unpaired) electrons. The largest absolute Gasteiger partial charge is 0.373 e. The van der Waals surface area contributed by atoms with E-state index in [-0.39, 0.29) is 0 Å². The minimum absolute atomic E-state index is 0.590. The second-order valence-electron chi connectivity index (χ2n) is 4.51. The number of nitrogens with one attached hydrogen (secondary N) is 1. The molecule has 0 atom stereocenters. The zero-order valence-electron chi connectivity index (χ0n) is 10.6. The zero-order chi connectivity index (χ0) is 12.5. The maximum absolute atomic E-state index is 4.59. The molecule has 3 rings (SSSR count). The fourth-order valence-electron chi connectivity index (χ4n) is 2.25. The van der Waals surface area contributed by atoms with Crippen LogP contribution in [0.5, 0.6) is 0 Å². The Hall–Kier alpha value is -2.04. The van der Waals surface area contributed by atoms with Crippen molar-refractivity contribution in [3.8, 4) is 11.6 Å². The lowest BCUT2D eigenvalue weighted by molar-refractivity contribution is 0.899. The number of rotatable bonds is 2. The minimum Gasteiger partial charge on any atom is -0.373 e. The second kappa shape index (κ2) is 4.33. The molecule has 1 aliphatic carbocycles. The second-order valence-corrected chi connectivity index (χ2v) is 4.51. The number of aryl methyl sites for hydroxylation is 2. The van der Waals surface area contributed by atoms with Gasteiger partial charge in [-0.2, -0.15) is 0 Å². The fourth-order valence-corrected chi connectivity index (χ4v) is 2.25. The van der Waals surface area contributed by atoms with E-state index < -0.39 is 0 Å². The molecule has 2 heterocycles. The molecule has 0 bridgehead atoms. The van der Waals surface area contributed by atoms with Crippen molar-refractivity contribution in [2.75, 3.05) is 12.4 Å². The van der Waals surface area contributed by atoms with E-state index in [1.807, 2.05) is 14.0 Å². The van der Waals surface area contributed by atoms with Gasteiger partial charge in [-0.1, -0.05) is 0 Å². The molecule has 5 heteroatoms. The highest BCUT2D eigenvalue weighted by atomic mass is 15.1. The minimum atomic E-state index is 0.590. The van der Waals surface area contributed by atoms with Crippen LogP contribution in [0.1, 0.15) is 23.2 Å². The molecule has 0 aromatic carbocycles. The molecule has 0 fully saturated rings. The third-order valence-corrected chi connectivity index (χ3v) is 3.15. The third-order valence-electron chi connectivity index (χ3n) is 3.15. The van der Waals surface area contributed by atoms with E-state index in [0.717, 1.165) is 36.3 Å². The Kier molecular flexibility index (Phi) is 2.66. The lowest BCUT2D eigenvalue weighted by Gasteiger charge is -2.08. The van der Waals surface area contributed by atoms with Crippen LogP contribution in [0.2, 0.25) is 0 Å². The molecule has 1 N–H and O–H groups in total. The Morgan fingerprint density at radius 1 is 1.06 bits per heavy atom. The molecule has 1 aliphatic rings. The quantitative estimate of drug-likeness (QED) is 0.868. The van der Waals surface area contributed by atoms with Gasteiger partial charge in [0.25, 0.3) is 0 Å². The van der Waals surface area contributed by atoms with E-state index in [2.05, 4.69) is 25.3 Å². The lowest BCUT2D eigenvalue weighted by atomic mass is 10.2. The lowest BCUT2D eigenvalue weighted by Crippen LogP contribution is -2.05. The molecule has 0 saturated heterocycles. The van der Waals surface area contributed by atoms with Crippen LogP contribution in [-0.2, 0) is 12.8 Å². The molecule has 92 valence electrons. The van der Waals surface area contributed by atoms with Gasteiger partial charge in [-0.25, -0.2) is 19.9 Å². The molecule has 0 spiro atoms. The number of hydrogen-bond donors (Lipinski definition) is 1. The maximum atomic E-state index is 4.59. The van der Waals surface area contributed by atoms with Crippen molar-refractivity contribution < 1.29 is 0 Å². The Morgan fingerprint density at radius 3 is 2.56 bits per heavy atom. The SMILES string of the molecule is CNc1nc(-c2ncc(C)cn2)nc2c1CCC2. The maximum Gasteiger partial charge on any atom is 0.199 e. The summed E-state index contributed by atoms with van der Waals surface area (Å²) >= 11 is 0. The first-order valence-electron chi connectivity index (χ1n) is 6.14. The van der Waals surface area contributed by atoms with Gasteiger partial charge in [0.05, 0.1) is 0 Å². The van der Waals surface area contributed by atoms with E-state index in [0.29, 0.717) is 11.6 Å². The van der Waals surface area contributed by atoms with Gasteiger partial charge < -0.3 is 5.32 Å². The zero-order valence-corrected chi connectivity index (χ0v) is 10.6. The first kappa shape index (κ1) is 11.1. The molecule has 0 unspecified atom stereocenters. The standard InChI is InChI=1S/C13H15N5/c1-8-6-15-12(16-7-8)13-17-10-5-3-4-9(10)11(14-2)18-13/h6-7H,3-5H2,1-2H3,(H,14,17,18). The van der Waals surface area contributed by atoms with Crippen LogP contribution in [-0.4, -0.2) is 27.0 Å². The monoisotopic (exact) mass is 241 g/mol. The summed E-state index contributed by atoms with van der Waals surface area (Å²) < 4.78 is 0. The summed E-state index contributed by atoms with van der Waals surface area (Å²) in [6, 6.07) is 0. The molecule has 18 heavy (non-hydrogen) atoms. The summed E-state index contributed by atoms with van der Waals surface area (Å²) in [6.45, 7) is 1.96. The normalized spacial score (nSPS) is 13.4. The average molecular weight is 241 g/mol. The Morgan fingerprint density at radius 2 is 1.83 bits per heavy atom. The first-order chi connectivity index (χ1) is 8.78. The molecule has 2 aromatic rings. The van der Waals surface area contributed by atoms with Crippen molar-refractivity contribution in [1.29, 1.82) is 0 Å². The van der Waals surface area contributed by atoms with E-state index >= 15 is 0 Å². The van der Waals surface area contributed by atoms with E-state index in [4.69, 9.17) is 0 Å². The van der Waals surface area contributed by atoms with E-state index in [1.165, 1.54) is 5.56 Å². The van der Waals surface area contributed by atoms with Crippen molar-refractivity contribution in [1.82, 2.24) is 19.9 Å². The smallest absolute Gasteiger partial charge is 0.199 e. The summed E-state index contributed by atoms with van der Waals surface area (Å²) in [5.41, 5.74) is 3.41. The van der Waals surface area contributed by atoms with Gasteiger partial charge in [0, 0.05) is 30.7 Å². The van der Waals surface area contributed by atoms with Crippen LogP contribution in [0.4, 0.5) is 5.82 Å². The van der Waals surface area contributed by atoms with Crippen LogP contribution in [0.25, 0.3) is 11.6 Å². The predicted molar refractivity (Wildman–Crippen MR) is 69.4 cm³/mol. The van der Waals surface area contributed by atoms with Crippen LogP contribution >= 0.6 is 0 Å². The molecule has 5 nitrogen and oxygen atoms in total. The Bertz CT molecular complexity index is 577. The molecule has 2 aromatic heterocycles. The highest BCUT2D eigenvalue weighted by Crippen LogP contribution is 2.27. The van der Waals surface area contributed by atoms with Gasteiger partial charge >= 0.3 is 0 Å². The van der Waals surface area contributed by atoms with Crippen LogP contribution in [0.15, 0.2) is 12.4 Å². The first-order valence-corrected chi connectivity index (χ1v) is 6.14. The van der Waals surface area contributed by atoms with Crippen molar-refractivity contribution >= 4 is 5.82 Å². The van der Waals surface area contributed by atoms with Crippen molar-refractivity contribution in [3.63, 3.8) is 0 Å². The van der Waals surface area contributed by atoms with E-state index in [1.54, 1.807) is 12.4 Å². The number of nitrogens with zero attached hydrogens (tertiary/aromatic N) is 4. The van der Waals surface area contributed by atoms with Crippen molar-refractivity contribution in [2.45, 2.75) is 26.2 Å². The highest BCUT2D eigenvalue weighted by Gasteiger charge is 2.19. The predicted octanol–water partition coefficient (Wildman–Crippen LogP) is 1.77. The van der Waals surface area contributed by atoms with Gasteiger partial charge in [0.15, 0.2) is 11.6 Å². The van der Waals surface area contributed by atoms with Gasteiger partial charge in [0.1, 0.15) is 5.82 Å². The number of hydrogen-bond acceptors (Lipinski definition) is 5. The van der Waals surface area contributed by atoms with Crippen LogP contribution in [0.3, 0.4) is 0 Å². The molecular formula is C13H15N5. The summed E-state index contributed by atoms with van der Waals surface area (Å²) in [5, 5.41) is 3.14. The highest BCUT2D eigenvalue weighted by molar-refractivity contribution is 5.55. The van der Waals surface area contributed by atoms with Gasteiger partial charge in [-0.15, -0.1) is 0 Å². The molecule has 0 saturated carbocycles. The topological polar surface area (TPSA) is 63.6 Å². The molecular weight excluding hydrogens is 226 g/mol. The third kappa shape index (κ3) is 1.81. The average Bonchev–Trinajstić information content (AvgIpc) is 2.86. The Labute approximate surface area is 106 Å². The van der Waals surface area contributed by atoms with Gasteiger partial charge in [-0.3, -0.25) is 0 Å². The van der Waals surface area contributed by atoms with Crippen LogP contribution < -0.4 is 5.32 Å².